The molecule has 96 valence electrons. The molecular weight excluding hydrogens is 196 g/mol. The van der Waals surface area contributed by atoms with Crippen molar-refractivity contribution < 1.29 is 4.48 Å². The van der Waals surface area contributed by atoms with Gasteiger partial charge in [-0.15, -0.1) is 0 Å². The second-order valence-electron chi connectivity index (χ2n) is 5.84. The first-order valence-corrected chi connectivity index (χ1v) is 7.15. The van der Waals surface area contributed by atoms with Gasteiger partial charge in [0, 0.05) is 13.0 Å². The maximum atomic E-state index is 2.52. The fraction of sp³-hybridized carbons (Fsp3) is 1.00. The molecule has 1 rings (SSSR count). The summed E-state index contributed by atoms with van der Waals surface area (Å²) in [6, 6.07) is 0.880. The second kappa shape index (κ2) is 6.61. The van der Waals surface area contributed by atoms with Gasteiger partial charge in [-0.2, -0.15) is 0 Å². The van der Waals surface area contributed by atoms with E-state index in [0.29, 0.717) is 0 Å². The molecule has 0 aromatic carbocycles. The van der Waals surface area contributed by atoms with Gasteiger partial charge in [-0.3, -0.25) is 4.90 Å². The third-order valence-corrected chi connectivity index (χ3v) is 4.31. The number of rotatable bonds is 6. The molecule has 0 saturated carbocycles. The molecule has 2 atom stereocenters. The second-order valence-corrected chi connectivity index (χ2v) is 5.84. The minimum Gasteiger partial charge on any atom is -0.321 e. The van der Waals surface area contributed by atoms with Crippen LogP contribution in [-0.4, -0.2) is 55.7 Å². The zero-order valence-corrected chi connectivity index (χ0v) is 11.8. The van der Waals surface area contributed by atoms with Crippen LogP contribution >= 0.6 is 0 Å². The third-order valence-electron chi connectivity index (χ3n) is 4.31. The van der Waals surface area contributed by atoms with Gasteiger partial charge in [0.1, 0.15) is 6.04 Å². The number of likely N-dealkylation sites (N-methyl/N-ethyl adjacent to an activating group) is 2. The zero-order chi connectivity index (χ0) is 12.0. The number of unbranched alkanes of at least 4 members (excludes halogenated alkanes) is 2. The molecule has 0 spiro atoms. The number of nitrogens with zero attached hydrogens (tertiary/aromatic N) is 2. The van der Waals surface area contributed by atoms with Crippen molar-refractivity contribution in [2.45, 2.75) is 52.0 Å². The summed E-state index contributed by atoms with van der Waals surface area (Å²) in [5.74, 6) is 0. The Bertz CT molecular complexity index is 189. The zero-order valence-electron chi connectivity index (χ0n) is 11.8. The van der Waals surface area contributed by atoms with E-state index in [4.69, 9.17) is 0 Å². The van der Waals surface area contributed by atoms with E-state index in [-0.39, 0.29) is 0 Å². The summed E-state index contributed by atoms with van der Waals surface area (Å²) in [6.45, 7) is 9.94. The Hall–Kier alpha value is -0.0800. The quantitative estimate of drug-likeness (QED) is 0.631. The van der Waals surface area contributed by atoms with Crippen LogP contribution in [0.4, 0.5) is 0 Å². The fourth-order valence-electron chi connectivity index (χ4n) is 2.89. The molecule has 0 aromatic rings. The van der Waals surface area contributed by atoms with Gasteiger partial charge in [-0.1, -0.05) is 26.7 Å². The van der Waals surface area contributed by atoms with Crippen molar-refractivity contribution in [3.63, 3.8) is 0 Å². The molecule has 0 aliphatic carbocycles. The average molecular weight is 227 g/mol. The van der Waals surface area contributed by atoms with Crippen LogP contribution in [0, 0.1) is 0 Å². The topological polar surface area (TPSA) is 3.24 Å². The first-order chi connectivity index (χ1) is 7.62. The Morgan fingerprint density at radius 2 is 1.88 bits per heavy atom. The molecule has 2 unspecified atom stereocenters. The molecule has 2 nitrogen and oxygen atoms in total. The van der Waals surface area contributed by atoms with E-state index in [2.05, 4.69) is 32.8 Å². The van der Waals surface area contributed by atoms with E-state index in [1.165, 1.54) is 62.8 Å². The molecule has 16 heavy (non-hydrogen) atoms. The average Bonchev–Trinajstić information content (AvgIpc) is 2.28. The predicted octanol–water partition coefficient (Wildman–Crippen LogP) is 2.74. The first-order valence-electron chi connectivity index (χ1n) is 7.15. The summed E-state index contributed by atoms with van der Waals surface area (Å²) < 4.78 is 1.33. The van der Waals surface area contributed by atoms with Crippen molar-refractivity contribution in [3.05, 3.63) is 0 Å². The number of hydrogen-bond acceptors (Lipinski definition) is 1. The Morgan fingerprint density at radius 3 is 2.50 bits per heavy atom. The summed E-state index contributed by atoms with van der Waals surface area (Å²) in [7, 11) is 4.77. The Kier molecular flexibility index (Phi) is 5.77. The van der Waals surface area contributed by atoms with Crippen molar-refractivity contribution >= 4 is 0 Å². The van der Waals surface area contributed by atoms with E-state index in [1.54, 1.807) is 0 Å². The highest BCUT2D eigenvalue weighted by Crippen LogP contribution is 2.22. The highest BCUT2D eigenvalue weighted by atomic mass is 15.4. The van der Waals surface area contributed by atoms with Gasteiger partial charge in [0.15, 0.2) is 0 Å². The minimum atomic E-state index is 0.880. The van der Waals surface area contributed by atoms with E-state index < -0.39 is 0 Å². The molecule has 1 heterocycles. The fourth-order valence-corrected chi connectivity index (χ4v) is 2.89. The van der Waals surface area contributed by atoms with E-state index >= 15 is 0 Å². The van der Waals surface area contributed by atoms with Crippen molar-refractivity contribution in [1.82, 2.24) is 4.90 Å². The molecule has 0 N–H and O–H groups in total. The molecule has 1 aliphatic rings. The maximum absolute atomic E-state index is 2.52. The highest BCUT2D eigenvalue weighted by Gasteiger charge is 2.36. The molecule has 1 fully saturated rings. The molecule has 1 aliphatic heterocycles. The summed E-state index contributed by atoms with van der Waals surface area (Å²) in [5, 5.41) is 0. The molecule has 0 aromatic heterocycles. The van der Waals surface area contributed by atoms with Gasteiger partial charge in [-0.05, 0) is 19.9 Å². The molecule has 2 heteroatoms. The van der Waals surface area contributed by atoms with Crippen LogP contribution in [0.15, 0.2) is 0 Å². The smallest absolute Gasteiger partial charge is 0.102 e. The van der Waals surface area contributed by atoms with E-state index in [1.807, 2.05) is 0 Å². The van der Waals surface area contributed by atoms with Crippen LogP contribution < -0.4 is 0 Å². The molecule has 1 saturated heterocycles. The van der Waals surface area contributed by atoms with Crippen molar-refractivity contribution in [1.29, 1.82) is 0 Å². The van der Waals surface area contributed by atoms with Crippen LogP contribution in [0.25, 0.3) is 0 Å². The Morgan fingerprint density at radius 1 is 1.19 bits per heavy atom. The number of quaternary nitrogens is 1. The lowest BCUT2D eigenvalue weighted by molar-refractivity contribution is -0.938. The van der Waals surface area contributed by atoms with E-state index in [0.717, 1.165) is 6.04 Å². The maximum Gasteiger partial charge on any atom is 0.102 e. The van der Waals surface area contributed by atoms with Gasteiger partial charge in [-0.25, -0.2) is 0 Å². The summed E-state index contributed by atoms with van der Waals surface area (Å²) in [5.41, 5.74) is 0. The lowest BCUT2D eigenvalue weighted by Gasteiger charge is -2.47. The monoisotopic (exact) mass is 227 g/mol. The predicted molar refractivity (Wildman–Crippen MR) is 71.6 cm³/mol. The molecular formula is C14H31N2+. The van der Waals surface area contributed by atoms with Crippen LogP contribution in [-0.2, 0) is 0 Å². The SMILES string of the molecule is CCCCC1CN(C)CC[N+]1(C)CCCC. The normalized spacial score (nSPS) is 31.9. The number of hydrogen-bond donors (Lipinski definition) is 0. The Labute approximate surface area is 102 Å². The number of piperazine rings is 1. The Balaban J connectivity index is 2.55. The van der Waals surface area contributed by atoms with Gasteiger partial charge in [0.25, 0.3) is 0 Å². The van der Waals surface area contributed by atoms with Gasteiger partial charge >= 0.3 is 0 Å². The van der Waals surface area contributed by atoms with Gasteiger partial charge < -0.3 is 4.48 Å². The van der Waals surface area contributed by atoms with Crippen LogP contribution in [0.2, 0.25) is 0 Å². The van der Waals surface area contributed by atoms with Gasteiger partial charge in [0.2, 0.25) is 0 Å². The largest absolute Gasteiger partial charge is 0.321 e. The lowest BCUT2D eigenvalue weighted by Crippen LogP contribution is -2.63. The summed E-state index contributed by atoms with van der Waals surface area (Å²) in [6.07, 6.45) is 6.89. The first kappa shape index (κ1) is 14.0. The van der Waals surface area contributed by atoms with E-state index in [9.17, 15) is 0 Å². The molecule has 0 amide bonds. The lowest BCUT2D eigenvalue weighted by atomic mass is 10.0. The van der Waals surface area contributed by atoms with Crippen molar-refractivity contribution in [2.75, 3.05) is 40.3 Å². The standard InChI is InChI=1S/C14H31N2/c1-5-7-9-14-13-15(3)10-12-16(14,4)11-8-6-2/h14H,5-13H2,1-4H3/q+1. The highest BCUT2D eigenvalue weighted by molar-refractivity contribution is 4.70. The minimum absolute atomic E-state index is 0.880. The van der Waals surface area contributed by atoms with Gasteiger partial charge in [0.05, 0.1) is 26.7 Å². The summed E-state index contributed by atoms with van der Waals surface area (Å²) >= 11 is 0. The third kappa shape index (κ3) is 3.74. The summed E-state index contributed by atoms with van der Waals surface area (Å²) in [4.78, 5) is 2.52. The molecule has 0 bridgehead atoms. The van der Waals surface area contributed by atoms with Crippen LogP contribution in [0.5, 0.6) is 0 Å². The van der Waals surface area contributed by atoms with Crippen molar-refractivity contribution in [2.24, 2.45) is 0 Å². The molecule has 0 radical (unpaired) electrons. The van der Waals surface area contributed by atoms with Crippen LogP contribution in [0.3, 0.4) is 0 Å². The van der Waals surface area contributed by atoms with Crippen molar-refractivity contribution in [3.8, 4) is 0 Å². The van der Waals surface area contributed by atoms with Crippen LogP contribution in [0.1, 0.15) is 46.0 Å².